The number of hydrogen-bond acceptors (Lipinski definition) is 5. The first-order valence-corrected chi connectivity index (χ1v) is 7.58. The van der Waals surface area contributed by atoms with Gasteiger partial charge in [0, 0.05) is 22.7 Å². The molecule has 0 atom stereocenters. The van der Waals surface area contributed by atoms with E-state index in [4.69, 9.17) is 21.8 Å². The smallest absolute Gasteiger partial charge is 0.273 e. The molecular weight excluding hydrogens is 344 g/mol. The van der Waals surface area contributed by atoms with Crippen LogP contribution in [0.1, 0.15) is 16.1 Å². The number of nitrogens with zero attached hydrogens (tertiary/aromatic N) is 1. The van der Waals surface area contributed by atoms with Gasteiger partial charge < -0.3 is 10.2 Å². The summed E-state index contributed by atoms with van der Waals surface area (Å²) in [6.45, 7) is 0. The Bertz CT molecular complexity index is 967. The van der Waals surface area contributed by atoms with Crippen LogP contribution in [0.2, 0.25) is 5.02 Å². The highest BCUT2D eigenvalue weighted by Crippen LogP contribution is 2.25. The average molecular weight is 357 g/mol. The molecule has 0 radical (unpaired) electrons. The first kappa shape index (κ1) is 16.5. The molecule has 3 aromatic rings. The number of amides is 2. The molecule has 0 aliphatic heterocycles. The van der Waals surface area contributed by atoms with Crippen LogP contribution >= 0.6 is 11.6 Å². The Balaban J connectivity index is 1.70. The second-order valence-electron chi connectivity index (χ2n) is 5.04. The summed E-state index contributed by atoms with van der Waals surface area (Å²) in [6.07, 6.45) is 5.52. The van der Waals surface area contributed by atoms with Crippen molar-refractivity contribution in [1.82, 2.24) is 15.8 Å². The summed E-state index contributed by atoms with van der Waals surface area (Å²) in [6, 6.07) is 8.40. The second kappa shape index (κ2) is 7.06. The number of anilines is 1. The van der Waals surface area contributed by atoms with Gasteiger partial charge >= 0.3 is 0 Å². The van der Waals surface area contributed by atoms with E-state index < -0.39 is 11.8 Å². The number of carbonyl (C=O) groups is 2. The zero-order chi connectivity index (χ0) is 17.8. The number of furan rings is 1. The van der Waals surface area contributed by atoms with Gasteiger partial charge in [-0.05, 0) is 36.4 Å². The fraction of sp³-hybridized carbons (Fsp3) is 0. The van der Waals surface area contributed by atoms with Crippen molar-refractivity contribution in [2.45, 2.75) is 0 Å². The van der Waals surface area contributed by atoms with Gasteiger partial charge in [-0.1, -0.05) is 11.6 Å². The van der Waals surface area contributed by atoms with E-state index in [1.54, 1.807) is 30.3 Å². The lowest BCUT2D eigenvalue weighted by atomic mass is 10.1. The van der Waals surface area contributed by atoms with Gasteiger partial charge in [-0.3, -0.25) is 25.4 Å². The molecule has 0 fully saturated rings. The minimum absolute atomic E-state index is 0.130. The lowest BCUT2D eigenvalue weighted by Crippen LogP contribution is -2.41. The van der Waals surface area contributed by atoms with E-state index in [0.717, 1.165) is 0 Å². The van der Waals surface area contributed by atoms with Crippen molar-refractivity contribution >= 4 is 46.1 Å². The molecule has 0 unspecified atom stereocenters. The quantitative estimate of drug-likeness (QED) is 0.493. The number of fused-ring (bicyclic) bond motifs is 1. The Labute approximate surface area is 147 Å². The predicted octanol–water partition coefficient (Wildman–Crippen LogP) is 2.54. The first-order chi connectivity index (χ1) is 12.0. The number of rotatable bonds is 3. The molecular formula is C17H13ClN4O3. The SMILES string of the molecule is Nc1c(C(=O)NNC(=O)/C=C/c2ccco2)cnc2ccc(Cl)cc12. The van der Waals surface area contributed by atoms with Crippen molar-refractivity contribution in [3.8, 4) is 0 Å². The molecule has 2 aromatic heterocycles. The van der Waals surface area contributed by atoms with Crippen LogP contribution in [-0.4, -0.2) is 16.8 Å². The summed E-state index contributed by atoms with van der Waals surface area (Å²) in [5.41, 5.74) is 11.5. The molecule has 126 valence electrons. The third kappa shape index (κ3) is 3.78. The van der Waals surface area contributed by atoms with E-state index in [-0.39, 0.29) is 11.3 Å². The van der Waals surface area contributed by atoms with Gasteiger partial charge in [-0.15, -0.1) is 0 Å². The fourth-order valence-corrected chi connectivity index (χ4v) is 2.31. The fourth-order valence-electron chi connectivity index (χ4n) is 2.14. The summed E-state index contributed by atoms with van der Waals surface area (Å²) in [5.74, 6) is -0.604. The van der Waals surface area contributed by atoms with Crippen LogP contribution in [0.4, 0.5) is 5.69 Å². The van der Waals surface area contributed by atoms with Crippen LogP contribution in [-0.2, 0) is 4.79 Å². The van der Waals surface area contributed by atoms with Gasteiger partial charge in [-0.25, -0.2) is 0 Å². The third-order valence-electron chi connectivity index (χ3n) is 3.36. The molecule has 8 heteroatoms. The number of halogens is 1. The zero-order valence-electron chi connectivity index (χ0n) is 12.8. The minimum atomic E-state index is -0.591. The zero-order valence-corrected chi connectivity index (χ0v) is 13.6. The number of hydrogen-bond donors (Lipinski definition) is 3. The van der Waals surface area contributed by atoms with E-state index in [1.165, 1.54) is 24.6 Å². The van der Waals surface area contributed by atoms with Crippen LogP contribution in [0, 0.1) is 0 Å². The molecule has 4 N–H and O–H groups in total. The van der Waals surface area contributed by atoms with E-state index in [2.05, 4.69) is 15.8 Å². The van der Waals surface area contributed by atoms with Crippen LogP contribution in [0.5, 0.6) is 0 Å². The maximum Gasteiger partial charge on any atom is 0.273 e. The number of nitrogen functional groups attached to an aromatic ring is 1. The molecule has 0 spiro atoms. The monoisotopic (exact) mass is 356 g/mol. The third-order valence-corrected chi connectivity index (χ3v) is 3.59. The highest BCUT2D eigenvalue weighted by molar-refractivity contribution is 6.31. The molecule has 0 saturated heterocycles. The van der Waals surface area contributed by atoms with E-state index >= 15 is 0 Å². The molecule has 0 saturated carbocycles. The van der Waals surface area contributed by atoms with E-state index in [1.807, 2.05) is 0 Å². The molecule has 1 aromatic carbocycles. The molecule has 0 aliphatic carbocycles. The first-order valence-electron chi connectivity index (χ1n) is 7.20. The number of pyridine rings is 1. The van der Waals surface area contributed by atoms with E-state index in [0.29, 0.717) is 21.7 Å². The molecule has 25 heavy (non-hydrogen) atoms. The number of benzene rings is 1. The molecule has 2 amide bonds. The van der Waals surface area contributed by atoms with Crippen LogP contribution < -0.4 is 16.6 Å². The molecule has 7 nitrogen and oxygen atoms in total. The Hall–Kier alpha value is -3.32. The largest absolute Gasteiger partial charge is 0.465 e. The highest BCUT2D eigenvalue weighted by Gasteiger charge is 2.14. The molecule has 0 bridgehead atoms. The number of aromatic nitrogens is 1. The highest BCUT2D eigenvalue weighted by atomic mass is 35.5. The van der Waals surface area contributed by atoms with Crippen LogP contribution in [0.15, 0.2) is 53.3 Å². The Morgan fingerprint density at radius 2 is 2.08 bits per heavy atom. The Kier molecular flexibility index (Phi) is 4.67. The summed E-state index contributed by atoms with van der Waals surface area (Å²) in [7, 11) is 0. The lowest BCUT2D eigenvalue weighted by molar-refractivity contribution is -0.117. The van der Waals surface area contributed by atoms with Crippen molar-refractivity contribution in [2.75, 3.05) is 5.73 Å². The van der Waals surface area contributed by atoms with Crippen molar-refractivity contribution in [1.29, 1.82) is 0 Å². The van der Waals surface area contributed by atoms with Crippen molar-refractivity contribution in [2.24, 2.45) is 0 Å². The van der Waals surface area contributed by atoms with E-state index in [9.17, 15) is 9.59 Å². The topological polar surface area (TPSA) is 110 Å². The number of carbonyl (C=O) groups excluding carboxylic acids is 2. The van der Waals surface area contributed by atoms with Crippen molar-refractivity contribution in [3.05, 3.63) is 65.2 Å². The molecule has 3 rings (SSSR count). The van der Waals surface area contributed by atoms with Gasteiger partial charge in [-0.2, -0.15) is 0 Å². The molecule has 2 heterocycles. The normalized spacial score (nSPS) is 10.9. The summed E-state index contributed by atoms with van der Waals surface area (Å²) in [4.78, 5) is 28.1. The maximum absolute atomic E-state index is 12.2. The van der Waals surface area contributed by atoms with Crippen LogP contribution in [0.25, 0.3) is 17.0 Å². The minimum Gasteiger partial charge on any atom is -0.465 e. The number of nitrogens with one attached hydrogen (secondary N) is 2. The lowest BCUT2D eigenvalue weighted by Gasteiger charge is -2.09. The average Bonchev–Trinajstić information content (AvgIpc) is 3.12. The summed E-state index contributed by atoms with van der Waals surface area (Å²) >= 11 is 5.95. The van der Waals surface area contributed by atoms with Gasteiger partial charge in [0.25, 0.3) is 11.8 Å². The van der Waals surface area contributed by atoms with Gasteiger partial charge in [0.2, 0.25) is 0 Å². The second-order valence-corrected chi connectivity index (χ2v) is 5.48. The van der Waals surface area contributed by atoms with Gasteiger partial charge in [0.15, 0.2) is 0 Å². The summed E-state index contributed by atoms with van der Waals surface area (Å²) < 4.78 is 5.06. The van der Waals surface area contributed by atoms with Crippen molar-refractivity contribution in [3.63, 3.8) is 0 Å². The van der Waals surface area contributed by atoms with Gasteiger partial charge in [0.1, 0.15) is 5.76 Å². The maximum atomic E-state index is 12.2. The summed E-state index contributed by atoms with van der Waals surface area (Å²) in [5, 5.41) is 1.04. The number of nitrogens with two attached hydrogens (primary N) is 1. The molecule has 0 aliphatic rings. The van der Waals surface area contributed by atoms with Crippen molar-refractivity contribution < 1.29 is 14.0 Å². The standard InChI is InChI=1S/C17H13ClN4O3/c18-10-3-5-14-12(8-10)16(19)13(9-20-14)17(24)22-21-15(23)6-4-11-2-1-7-25-11/h1-9H,(H2,19,20)(H,21,23)(H,22,24)/b6-4+. The predicted molar refractivity (Wildman–Crippen MR) is 94.5 cm³/mol. The number of hydrazine groups is 1. The Morgan fingerprint density at radius 1 is 1.24 bits per heavy atom. The van der Waals surface area contributed by atoms with Crippen LogP contribution in [0.3, 0.4) is 0 Å². The van der Waals surface area contributed by atoms with Gasteiger partial charge in [0.05, 0.1) is 23.0 Å². The Morgan fingerprint density at radius 3 is 2.84 bits per heavy atom.